The second kappa shape index (κ2) is 5.51. The summed E-state index contributed by atoms with van der Waals surface area (Å²) >= 11 is 0. The highest BCUT2D eigenvalue weighted by atomic mass is 16.5. The van der Waals surface area contributed by atoms with E-state index in [1.54, 1.807) is 6.92 Å². The van der Waals surface area contributed by atoms with Crippen molar-refractivity contribution in [2.75, 3.05) is 6.61 Å². The van der Waals surface area contributed by atoms with Crippen LogP contribution in [0.2, 0.25) is 0 Å². The normalized spacial score (nSPS) is 20.0. The molecule has 6 heteroatoms. The predicted molar refractivity (Wildman–Crippen MR) is 78.8 cm³/mol. The Hall–Kier alpha value is -2.24. The van der Waals surface area contributed by atoms with Crippen molar-refractivity contribution < 1.29 is 29.3 Å². The number of aliphatic carboxylic acids is 2. The van der Waals surface area contributed by atoms with Gasteiger partial charge in [0.15, 0.2) is 6.61 Å². The zero-order chi connectivity index (χ0) is 16.7. The molecule has 0 fully saturated rings. The summed E-state index contributed by atoms with van der Waals surface area (Å²) in [6.07, 6.45) is 0.908. The van der Waals surface area contributed by atoms with Gasteiger partial charge in [0.25, 0.3) is 0 Å². The van der Waals surface area contributed by atoms with Crippen LogP contribution in [-0.4, -0.2) is 34.4 Å². The van der Waals surface area contributed by atoms with Crippen LogP contribution in [0.4, 0.5) is 0 Å². The lowest BCUT2D eigenvalue weighted by Crippen LogP contribution is -2.44. The van der Waals surface area contributed by atoms with Crippen molar-refractivity contribution in [2.45, 2.75) is 46.1 Å². The molecule has 1 aliphatic heterocycles. The average molecular weight is 308 g/mol. The van der Waals surface area contributed by atoms with Crippen molar-refractivity contribution in [3.63, 3.8) is 0 Å². The van der Waals surface area contributed by atoms with Gasteiger partial charge in [0, 0.05) is 12.0 Å². The lowest BCUT2D eigenvalue weighted by Gasteiger charge is -2.35. The van der Waals surface area contributed by atoms with Gasteiger partial charge in [-0.3, -0.25) is 0 Å². The van der Waals surface area contributed by atoms with Gasteiger partial charge < -0.3 is 19.7 Å². The molecule has 1 aromatic carbocycles. The third-order valence-electron chi connectivity index (χ3n) is 4.28. The Kier molecular flexibility index (Phi) is 4.04. The lowest BCUT2D eigenvalue weighted by molar-refractivity contribution is -0.155. The first-order chi connectivity index (χ1) is 10.2. The predicted octanol–water partition coefficient (Wildman–Crippen LogP) is 2.24. The highest BCUT2D eigenvalue weighted by Crippen LogP contribution is 2.43. The molecule has 0 saturated carbocycles. The zero-order valence-electron chi connectivity index (χ0n) is 13.1. The number of ether oxygens (including phenoxy) is 2. The SMILES string of the molecule is Cc1c(C)c2c(c(C)c1OCC(=O)O)CC[C@](C)(C(=O)O)O2. The van der Waals surface area contributed by atoms with Gasteiger partial charge in [-0.2, -0.15) is 0 Å². The third kappa shape index (κ3) is 2.61. The monoisotopic (exact) mass is 308 g/mol. The van der Waals surface area contributed by atoms with E-state index < -0.39 is 24.1 Å². The van der Waals surface area contributed by atoms with Crippen molar-refractivity contribution in [1.82, 2.24) is 0 Å². The van der Waals surface area contributed by atoms with Gasteiger partial charge >= 0.3 is 11.9 Å². The molecule has 0 aromatic heterocycles. The third-order valence-corrected chi connectivity index (χ3v) is 4.28. The number of hydrogen-bond acceptors (Lipinski definition) is 4. The van der Waals surface area contributed by atoms with Crippen molar-refractivity contribution in [2.24, 2.45) is 0 Å². The van der Waals surface area contributed by atoms with Gasteiger partial charge in [-0.05, 0) is 50.8 Å². The molecule has 0 unspecified atom stereocenters. The topological polar surface area (TPSA) is 93.1 Å². The number of fused-ring (bicyclic) bond motifs is 1. The highest BCUT2D eigenvalue weighted by molar-refractivity contribution is 5.78. The first-order valence-corrected chi connectivity index (χ1v) is 7.07. The Morgan fingerprint density at radius 3 is 2.36 bits per heavy atom. The summed E-state index contributed by atoms with van der Waals surface area (Å²) in [5, 5.41) is 18.1. The van der Waals surface area contributed by atoms with Gasteiger partial charge in [-0.1, -0.05) is 0 Å². The Morgan fingerprint density at radius 2 is 1.82 bits per heavy atom. The van der Waals surface area contributed by atoms with Gasteiger partial charge in [0.2, 0.25) is 5.60 Å². The van der Waals surface area contributed by atoms with Crippen LogP contribution >= 0.6 is 0 Å². The Morgan fingerprint density at radius 1 is 1.18 bits per heavy atom. The van der Waals surface area contributed by atoms with Crippen LogP contribution in [0.3, 0.4) is 0 Å². The minimum absolute atomic E-state index is 0.358. The molecule has 1 atom stereocenters. The van der Waals surface area contributed by atoms with Crippen LogP contribution < -0.4 is 9.47 Å². The molecule has 6 nitrogen and oxygen atoms in total. The summed E-state index contributed by atoms with van der Waals surface area (Å²) in [4.78, 5) is 22.1. The summed E-state index contributed by atoms with van der Waals surface area (Å²) in [6.45, 7) is 6.64. The average Bonchev–Trinajstić information content (AvgIpc) is 2.44. The number of rotatable bonds is 4. The van der Waals surface area contributed by atoms with E-state index in [1.165, 1.54) is 0 Å². The van der Waals surface area contributed by atoms with E-state index in [-0.39, 0.29) is 0 Å². The maximum Gasteiger partial charge on any atom is 0.347 e. The molecule has 2 rings (SSSR count). The minimum Gasteiger partial charge on any atom is -0.481 e. The number of carboxylic acid groups (broad SMARTS) is 2. The molecular weight excluding hydrogens is 288 g/mol. The van der Waals surface area contributed by atoms with E-state index in [2.05, 4.69) is 0 Å². The summed E-state index contributed by atoms with van der Waals surface area (Å²) in [5.41, 5.74) is 2.02. The molecule has 1 aliphatic rings. The quantitative estimate of drug-likeness (QED) is 0.886. The summed E-state index contributed by atoms with van der Waals surface area (Å²) < 4.78 is 11.2. The summed E-state index contributed by atoms with van der Waals surface area (Å²) in [7, 11) is 0. The van der Waals surface area contributed by atoms with E-state index in [1.807, 2.05) is 20.8 Å². The number of hydrogen-bond donors (Lipinski definition) is 2. The van der Waals surface area contributed by atoms with E-state index in [4.69, 9.17) is 14.6 Å². The number of carbonyl (C=O) groups is 2. The van der Waals surface area contributed by atoms with Gasteiger partial charge in [-0.25, -0.2) is 9.59 Å². The van der Waals surface area contributed by atoms with Crippen LogP contribution in [0.15, 0.2) is 0 Å². The molecular formula is C16H20O6. The van der Waals surface area contributed by atoms with Gasteiger partial charge in [0.05, 0.1) is 0 Å². The van der Waals surface area contributed by atoms with Crippen molar-refractivity contribution in [3.05, 3.63) is 22.3 Å². The van der Waals surface area contributed by atoms with Crippen molar-refractivity contribution in [3.8, 4) is 11.5 Å². The molecule has 120 valence electrons. The van der Waals surface area contributed by atoms with Crippen LogP contribution in [0.5, 0.6) is 11.5 Å². The zero-order valence-corrected chi connectivity index (χ0v) is 13.1. The van der Waals surface area contributed by atoms with Crippen LogP contribution in [0.25, 0.3) is 0 Å². The maximum atomic E-state index is 11.4. The van der Waals surface area contributed by atoms with E-state index in [0.29, 0.717) is 24.3 Å². The maximum absolute atomic E-state index is 11.4. The van der Waals surface area contributed by atoms with Crippen LogP contribution in [0, 0.1) is 20.8 Å². The molecule has 0 radical (unpaired) electrons. The fraction of sp³-hybridized carbons (Fsp3) is 0.500. The fourth-order valence-corrected chi connectivity index (χ4v) is 2.74. The first kappa shape index (κ1) is 16.1. The molecule has 1 heterocycles. The molecule has 0 bridgehead atoms. The van der Waals surface area contributed by atoms with E-state index >= 15 is 0 Å². The molecule has 1 aromatic rings. The Balaban J connectivity index is 2.49. The molecule has 0 saturated heterocycles. The first-order valence-electron chi connectivity index (χ1n) is 7.07. The van der Waals surface area contributed by atoms with E-state index in [9.17, 15) is 14.7 Å². The number of carboxylic acids is 2. The second-order valence-corrected chi connectivity index (χ2v) is 5.83. The smallest absolute Gasteiger partial charge is 0.347 e. The molecule has 2 N–H and O–H groups in total. The number of benzene rings is 1. The fourth-order valence-electron chi connectivity index (χ4n) is 2.74. The standard InChI is InChI=1S/C16H20O6/c1-8-9(2)14-11(5-6-16(4,22-14)15(19)20)10(3)13(8)21-7-12(17)18/h5-7H2,1-4H3,(H,17,18)(H,19,20)/t16-/m1/s1. The summed E-state index contributed by atoms with van der Waals surface area (Å²) in [6, 6.07) is 0. The molecule has 0 aliphatic carbocycles. The minimum atomic E-state index is -1.24. The lowest BCUT2D eigenvalue weighted by atomic mass is 9.87. The molecule has 0 spiro atoms. The summed E-state index contributed by atoms with van der Waals surface area (Å²) in [5.74, 6) is -0.905. The van der Waals surface area contributed by atoms with Gasteiger partial charge in [0.1, 0.15) is 11.5 Å². The van der Waals surface area contributed by atoms with Crippen molar-refractivity contribution >= 4 is 11.9 Å². The Labute approximate surface area is 128 Å². The van der Waals surface area contributed by atoms with Gasteiger partial charge in [-0.15, -0.1) is 0 Å². The Bertz CT molecular complexity index is 649. The van der Waals surface area contributed by atoms with E-state index in [0.717, 1.165) is 22.3 Å². The largest absolute Gasteiger partial charge is 0.481 e. The second-order valence-electron chi connectivity index (χ2n) is 5.83. The highest BCUT2D eigenvalue weighted by Gasteiger charge is 2.40. The van der Waals surface area contributed by atoms with Crippen molar-refractivity contribution in [1.29, 1.82) is 0 Å². The van der Waals surface area contributed by atoms with Crippen LogP contribution in [0.1, 0.15) is 35.6 Å². The van der Waals surface area contributed by atoms with Crippen LogP contribution in [-0.2, 0) is 16.0 Å². The molecule has 22 heavy (non-hydrogen) atoms. The molecule has 0 amide bonds.